The Morgan fingerprint density at radius 3 is 2.40 bits per heavy atom. The molecule has 0 N–H and O–H groups in total. The number of benzene rings is 2. The van der Waals surface area contributed by atoms with Crippen LogP contribution in [0.5, 0.6) is 5.75 Å². The van der Waals surface area contributed by atoms with Gasteiger partial charge in [0.1, 0.15) is 0 Å². The van der Waals surface area contributed by atoms with E-state index in [1.54, 1.807) is 12.1 Å². The molecule has 0 unspecified atom stereocenters. The molecule has 0 radical (unpaired) electrons. The standard InChI is InChI=1S/C27H34F2O/c1-3-4-19-30-25-18-17-24(26(28)27(25)29)8-6-5-7-21-11-15-23(16-12-21)22-13-9-20(2)10-14-22/h5,7,9-10,13-14,17-18,21,23H,3-4,6,8,11-12,15-16,19H2,1-2H3/b7-5+. The number of hydrogen-bond donors (Lipinski definition) is 0. The molecule has 30 heavy (non-hydrogen) atoms. The van der Waals surface area contributed by atoms with Crippen molar-refractivity contribution < 1.29 is 13.5 Å². The van der Waals surface area contributed by atoms with E-state index in [2.05, 4.69) is 43.3 Å². The van der Waals surface area contributed by atoms with Gasteiger partial charge in [0.2, 0.25) is 5.82 Å². The van der Waals surface area contributed by atoms with Crippen LogP contribution in [-0.4, -0.2) is 6.61 Å². The molecule has 1 aliphatic carbocycles. The van der Waals surface area contributed by atoms with E-state index in [0.29, 0.717) is 30.4 Å². The van der Waals surface area contributed by atoms with Crippen LogP contribution in [0.1, 0.15) is 74.5 Å². The van der Waals surface area contributed by atoms with Crippen molar-refractivity contribution in [2.45, 2.75) is 71.1 Å². The largest absolute Gasteiger partial charge is 0.490 e. The van der Waals surface area contributed by atoms with Crippen LogP contribution in [0.4, 0.5) is 8.78 Å². The van der Waals surface area contributed by atoms with Gasteiger partial charge in [-0.3, -0.25) is 0 Å². The minimum Gasteiger partial charge on any atom is -0.490 e. The van der Waals surface area contributed by atoms with Crippen LogP contribution >= 0.6 is 0 Å². The van der Waals surface area contributed by atoms with Gasteiger partial charge >= 0.3 is 0 Å². The highest BCUT2D eigenvalue weighted by Crippen LogP contribution is 2.36. The summed E-state index contributed by atoms with van der Waals surface area (Å²) >= 11 is 0. The lowest BCUT2D eigenvalue weighted by Gasteiger charge is -2.27. The van der Waals surface area contributed by atoms with E-state index in [1.165, 1.54) is 36.8 Å². The molecule has 0 spiro atoms. The van der Waals surface area contributed by atoms with Crippen molar-refractivity contribution in [2.75, 3.05) is 6.61 Å². The molecule has 2 aromatic rings. The van der Waals surface area contributed by atoms with Crippen LogP contribution in [0, 0.1) is 24.5 Å². The quantitative estimate of drug-likeness (QED) is 0.300. The molecule has 1 saturated carbocycles. The van der Waals surface area contributed by atoms with Crippen molar-refractivity contribution in [3.05, 3.63) is 76.9 Å². The van der Waals surface area contributed by atoms with Crippen LogP contribution in [-0.2, 0) is 6.42 Å². The summed E-state index contributed by atoms with van der Waals surface area (Å²) < 4.78 is 33.8. The monoisotopic (exact) mass is 412 g/mol. The summed E-state index contributed by atoms with van der Waals surface area (Å²) in [6.45, 7) is 4.58. The van der Waals surface area contributed by atoms with Gasteiger partial charge in [0, 0.05) is 0 Å². The van der Waals surface area contributed by atoms with Gasteiger partial charge in [0.25, 0.3) is 0 Å². The fourth-order valence-electron chi connectivity index (χ4n) is 4.21. The normalized spacial score (nSPS) is 19.3. The molecule has 1 aliphatic rings. The minimum absolute atomic E-state index is 0.0191. The summed E-state index contributed by atoms with van der Waals surface area (Å²) in [6, 6.07) is 12.1. The number of aryl methyl sites for hydroxylation is 2. The third-order valence-corrected chi connectivity index (χ3v) is 6.19. The second kappa shape index (κ2) is 11.3. The molecular weight excluding hydrogens is 378 g/mol. The summed E-state index contributed by atoms with van der Waals surface area (Å²) in [4.78, 5) is 0. The van der Waals surface area contributed by atoms with E-state index in [9.17, 15) is 8.78 Å². The number of rotatable bonds is 9. The lowest BCUT2D eigenvalue weighted by Crippen LogP contribution is -2.11. The van der Waals surface area contributed by atoms with Gasteiger partial charge < -0.3 is 4.74 Å². The molecular formula is C27H34F2O. The van der Waals surface area contributed by atoms with Crippen molar-refractivity contribution in [3.63, 3.8) is 0 Å². The summed E-state index contributed by atoms with van der Waals surface area (Å²) in [5, 5.41) is 0. The predicted molar refractivity (Wildman–Crippen MR) is 120 cm³/mol. The Morgan fingerprint density at radius 2 is 1.70 bits per heavy atom. The summed E-state index contributed by atoms with van der Waals surface area (Å²) in [6.07, 6.45) is 12.3. The van der Waals surface area contributed by atoms with E-state index in [-0.39, 0.29) is 5.75 Å². The second-order valence-corrected chi connectivity index (χ2v) is 8.54. The number of halogens is 2. The predicted octanol–water partition coefficient (Wildman–Crippen LogP) is 7.91. The average molecular weight is 413 g/mol. The van der Waals surface area contributed by atoms with E-state index in [4.69, 9.17) is 4.74 Å². The van der Waals surface area contributed by atoms with Gasteiger partial charge in [-0.1, -0.05) is 61.4 Å². The Morgan fingerprint density at radius 1 is 0.967 bits per heavy atom. The highest BCUT2D eigenvalue weighted by atomic mass is 19.2. The number of hydrogen-bond acceptors (Lipinski definition) is 1. The van der Waals surface area contributed by atoms with Crippen molar-refractivity contribution in [2.24, 2.45) is 5.92 Å². The molecule has 0 amide bonds. The fourth-order valence-corrected chi connectivity index (χ4v) is 4.21. The van der Waals surface area contributed by atoms with E-state index < -0.39 is 11.6 Å². The Hall–Kier alpha value is -2.16. The van der Waals surface area contributed by atoms with Gasteiger partial charge in [-0.25, -0.2) is 4.39 Å². The molecule has 2 aromatic carbocycles. The van der Waals surface area contributed by atoms with Gasteiger partial charge in [-0.15, -0.1) is 0 Å². The van der Waals surface area contributed by atoms with Crippen molar-refractivity contribution in [1.82, 2.24) is 0 Å². The van der Waals surface area contributed by atoms with E-state index >= 15 is 0 Å². The maximum atomic E-state index is 14.3. The first-order valence-electron chi connectivity index (χ1n) is 11.4. The highest BCUT2D eigenvalue weighted by molar-refractivity contribution is 5.31. The van der Waals surface area contributed by atoms with Gasteiger partial charge in [0.05, 0.1) is 6.61 Å². The van der Waals surface area contributed by atoms with Crippen LogP contribution < -0.4 is 4.74 Å². The topological polar surface area (TPSA) is 9.23 Å². The first kappa shape index (κ1) is 22.5. The van der Waals surface area contributed by atoms with Gasteiger partial charge in [-0.2, -0.15) is 4.39 Å². The Balaban J connectivity index is 1.44. The summed E-state index contributed by atoms with van der Waals surface area (Å²) in [7, 11) is 0. The fraction of sp³-hybridized carbons (Fsp3) is 0.481. The molecule has 1 nitrogen and oxygen atoms in total. The first-order chi connectivity index (χ1) is 14.6. The smallest absolute Gasteiger partial charge is 0.200 e. The molecule has 0 bridgehead atoms. The van der Waals surface area contributed by atoms with Crippen LogP contribution in [0.3, 0.4) is 0 Å². The maximum Gasteiger partial charge on any atom is 0.200 e. The molecule has 0 heterocycles. The lowest BCUT2D eigenvalue weighted by molar-refractivity contribution is 0.288. The maximum absolute atomic E-state index is 14.3. The average Bonchev–Trinajstić information content (AvgIpc) is 2.76. The Kier molecular flexibility index (Phi) is 8.48. The third kappa shape index (κ3) is 6.17. The van der Waals surface area contributed by atoms with E-state index in [1.807, 2.05) is 6.92 Å². The molecule has 1 fully saturated rings. The molecule has 0 atom stereocenters. The van der Waals surface area contributed by atoms with Crippen LogP contribution in [0.25, 0.3) is 0 Å². The molecule has 0 aromatic heterocycles. The first-order valence-corrected chi connectivity index (χ1v) is 11.4. The second-order valence-electron chi connectivity index (χ2n) is 8.54. The summed E-state index contributed by atoms with van der Waals surface area (Å²) in [5.41, 5.74) is 3.19. The minimum atomic E-state index is -0.859. The summed E-state index contributed by atoms with van der Waals surface area (Å²) in [5.74, 6) is -0.336. The molecule has 3 heteroatoms. The zero-order valence-electron chi connectivity index (χ0n) is 18.3. The Labute approximate surface area is 180 Å². The van der Waals surface area contributed by atoms with Crippen molar-refractivity contribution >= 4 is 0 Å². The number of allylic oxidation sites excluding steroid dienone is 2. The SMILES string of the molecule is CCCCOc1ccc(CC/C=C/C2CCC(c3ccc(C)cc3)CC2)c(F)c1F. The third-order valence-electron chi connectivity index (χ3n) is 6.19. The zero-order chi connectivity index (χ0) is 21.3. The number of unbranched alkanes of at least 4 members (excludes halogenated alkanes) is 1. The van der Waals surface area contributed by atoms with Crippen LogP contribution in [0.2, 0.25) is 0 Å². The molecule has 162 valence electrons. The molecule has 3 rings (SSSR count). The molecule has 0 aliphatic heterocycles. The zero-order valence-corrected chi connectivity index (χ0v) is 18.3. The molecule has 0 saturated heterocycles. The van der Waals surface area contributed by atoms with Crippen molar-refractivity contribution in [1.29, 1.82) is 0 Å². The van der Waals surface area contributed by atoms with Gasteiger partial charge in [0.15, 0.2) is 11.6 Å². The Bertz CT molecular complexity index is 818. The highest BCUT2D eigenvalue weighted by Gasteiger charge is 2.20. The van der Waals surface area contributed by atoms with E-state index in [0.717, 1.165) is 19.3 Å². The van der Waals surface area contributed by atoms with Gasteiger partial charge in [-0.05, 0) is 80.9 Å². The number of ether oxygens (including phenoxy) is 1. The van der Waals surface area contributed by atoms with Crippen molar-refractivity contribution in [3.8, 4) is 5.75 Å². The lowest BCUT2D eigenvalue weighted by atomic mass is 9.78. The van der Waals surface area contributed by atoms with Crippen LogP contribution in [0.15, 0.2) is 48.6 Å².